The van der Waals surface area contributed by atoms with Crippen molar-refractivity contribution in [2.75, 3.05) is 51.3 Å². The predicted molar refractivity (Wildman–Crippen MR) is 96.5 cm³/mol. The molecule has 1 aliphatic heterocycles. The minimum absolute atomic E-state index is 0.173. The first-order valence-electron chi connectivity index (χ1n) is 7.89. The summed E-state index contributed by atoms with van der Waals surface area (Å²) in [5.41, 5.74) is 0.525. The van der Waals surface area contributed by atoms with Gasteiger partial charge in [-0.15, -0.1) is 0 Å². The van der Waals surface area contributed by atoms with Crippen molar-refractivity contribution >= 4 is 38.5 Å². The lowest BCUT2D eigenvalue weighted by atomic mass is 10.0. The number of hydrogen-bond donors (Lipinski definition) is 1. The SMILES string of the molecule is COC(=O)c1cccc2c(Br)cnc(N3CCN(CCO)CC3)c12. The average molecular weight is 394 g/mol. The second-order valence-electron chi connectivity index (χ2n) is 5.70. The number of β-amino-alcohol motifs (C(OH)–C–C–N with tert-alkyl or cyclic N) is 1. The van der Waals surface area contributed by atoms with Gasteiger partial charge in [0, 0.05) is 54.2 Å². The second kappa shape index (κ2) is 7.46. The number of pyridine rings is 1. The Morgan fingerprint density at radius 2 is 2.08 bits per heavy atom. The quantitative estimate of drug-likeness (QED) is 0.800. The number of esters is 1. The highest BCUT2D eigenvalue weighted by atomic mass is 79.9. The van der Waals surface area contributed by atoms with Gasteiger partial charge in [0.05, 0.1) is 19.3 Å². The average Bonchev–Trinajstić information content (AvgIpc) is 2.62. The molecule has 24 heavy (non-hydrogen) atoms. The van der Waals surface area contributed by atoms with Gasteiger partial charge in [-0.05, 0) is 22.0 Å². The Hall–Kier alpha value is -1.70. The lowest BCUT2D eigenvalue weighted by molar-refractivity contribution is 0.0603. The van der Waals surface area contributed by atoms with Gasteiger partial charge in [-0.25, -0.2) is 9.78 Å². The van der Waals surface area contributed by atoms with Crippen molar-refractivity contribution in [3.8, 4) is 0 Å². The molecular weight excluding hydrogens is 374 g/mol. The number of nitrogens with zero attached hydrogens (tertiary/aromatic N) is 3. The largest absolute Gasteiger partial charge is 0.465 e. The van der Waals surface area contributed by atoms with Crippen molar-refractivity contribution in [1.82, 2.24) is 9.88 Å². The summed E-state index contributed by atoms with van der Waals surface area (Å²) in [5, 5.41) is 10.8. The number of methoxy groups -OCH3 is 1. The van der Waals surface area contributed by atoms with E-state index in [1.54, 1.807) is 12.3 Å². The fraction of sp³-hybridized carbons (Fsp3) is 0.412. The van der Waals surface area contributed by atoms with Crippen molar-refractivity contribution in [3.63, 3.8) is 0 Å². The molecular formula is C17H20BrN3O3. The topological polar surface area (TPSA) is 65.9 Å². The molecule has 0 amide bonds. The van der Waals surface area contributed by atoms with Crippen LogP contribution in [0.25, 0.3) is 10.8 Å². The Kier molecular flexibility index (Phi) is 5.33. The highest BCUT2D eigenvalue weighted by Crippen LogP contribution is 2.33. The van der Waals surface area contributed by atoms with Gasteiger partial charge < -0.3 is 14.7 Å². The van der Waals surface area contributed by atoms with Crippen molar-refractivity contribution in [2.24, 2.45) is 0 Å². The molecule has 0 saturated carbocycles. The highest BCUT2D eigenvalue weighted by molar-refractivity contribution is 9.10. The van der Waals surface area contributed by atoms with Crippen molar-refractivity contribution in [2.45, 2.75) is 0 Å². The molecule has 0 radical (unpaired) electrons. The summed E-state index contributed by atoms with van der Waals surface area (Å²) in [6.45, 7) is 4.20. The number of anilines is 1. The van der Waals surface area contributed by atoms with E-state index in [4.69, 9.17) is 9.84 Å². The van der Waals surface area contributed by atoms with E-state index in [1.165, 1.54) is 7.11 Å². The van der Waals surface area contributed by atoms with Crippen LogP contribution in [0, 0.1) is 0 Å². The third kappa shape index (κ3) is 3.24. The third-order valence-corrected chi connectivity index (χ3v) is 4.97. The summed E-state index contributed by atoms with van der Waals surface area (Å²) < 4.78 is 5.79. The van der Waals surface area contributed by atoms with Gasteiger partial charge in [0.25, 0.3) is 0 Å². The number of halogens is 1. The van der Waals surface area contributed by atoms with Crippen LogP contribution in [0.1, 0.15) is 10.4 Å². The molecule has 3 rings (SSSR count). The molecule has 2 heterocycles. The molecule has 0 spiro atoms. The Balaban J connectivity index is 2.02. The smallest absolute Gasteiger partial charge is 0.338 e. The summed E-state index contributed by atoms with van der Waals surface area (Å²) in [4.78, 5) is 21.2. The monoisotopic (exact) mass is 393 g/mol. The Labute approximate surface area is 149 Å². The maximum atomic E-state index is 12.2. The summed E-state index contributed by atoms with van der Waals surface area (Å²) in [6.07, 6.45) is 1.78. The first-order chi connectivity index (χ1) is 11.7. The summed E-state index contributed by atoms with van der Waals surface area (Å²) >= 11 is 3.52. The number of carbonyl (C=O) groups is 1. The summed E-state index contributed by atoms with van der Waals surface area (Å²) in [5.74, 6) is 0.443. The minimum atomic E-state index is -0.360. The molecule has 6 nitrogen and oxygen atoms in total. The van der Waals surface area contributed by atoms with Crippen LogP contribution in [0.15, 0.2) is 28.9 Å². The third-order valence-electron chi connectivity index (χ3n) is 4.34. The number of aliphatic hydroxyl groups excluding tert-OH is 1. The Morgan fingerprint density at radius 3 is 2.75 bits per heavy atom. The number of rotatable bonds is 4. The summed E-state index contributed by atoms with van der Waals surface area (Å²) in [7, 11) is 1.39. The fourth-order valence-corrected chi connectivity index (χ4v) is 3.52. The second-order valence-corrected chi connectivity index (χ2v) is 6.56. The van der Waals surface area contributed by atoms with Gasteiger partial charge in [-0.2, -0.15) is 0 Å². The molecule has 1 aromatic heterocycles. The molecule has 1 saturated heterocycles. The minimum Gasteiger partial charge on any atom is -0.465 e. The van der Waals surface area contributed by atoms with Crippen LogP contribution >= 0.6 is 15.9 Å². The van der Waals surface area contributed by atoms with Crippen LogP contribution in [0.3, 0.4) is 0 Å². The molecule has 1 aliphatic rings. The number of fused-ring (bicyclic) bond motifs is 1. The predicted octanol–water partition coefficient (Wildman–Crippen LogP) is 1.90. The number of carbonyl (C=O) groups excluding carboxylic acids is 1. The zero-order valence-electron chi connectivity index (χ0n) is 13.5. The van der Waals surface area contributed by atoms with E-state index in [0.717, 1.165) is 47.2 Å². The summed E-state index contributed by atoms with van der Waals surface area (Å²) in [6, 6.07) is 5.59. The lowest BCUT2D eigenvalue weighted by Gasteiger charge is -2.35. The standard InChI is InChI=1S/C17H20BrN3O3/c1-24-17(23)13-4-2-3-12-14(18)11-19-16(15(12)13)21-7-5-20(6-8-21)9-10-22/h2-4,11,22H,5-10H2,1H3. The van der Waals surface area contributed by atoms with Gasteiger partial charge in [0.1, 0.15) is 5.82 Å². The number of aromatic nitrogens is 1. The van der Waals surface area contributed by atoms with Gasteiger partial charge in [0.2, 0.25) is 0 Å². The zero-order chi connectivity index (χ0) is 17.1. The number of hydrogen-bond acceptors (Lipinski definition) is 6. The number of piperazine rings is 1. The molecule has 7 heteroatoms. The van der Waals surface area contributed by atoms with Gasteiger partial charge in [0.15, 0.2) is 0 Å². The Bertz CT molecular complexity index is 745. The Morgan fingerprint density at radius 1 is 1.33 bits per heavy atom. The number of benzene rings is 1. The maximum Gasteiger partial charge on any atom is 0.338 e. The highest BCUT2D eigenvalue weighted by Gasteiger charge is 2.23. The van der Waals surface area contributed by atoms with E-state index in [1.807, 2.05) is 12.1 Å². The van der Waals surface area contributed by atoms with E-state index in [-0.39, 0.29) is 12.6 Å². The van der Waals surface area contributed by atoms with E-state index in [0.29, 0.717) is 12.1 Å². The van der Waals surface area contributed by atoms with Crippen LogP contribution in [-0.4, -0.2) is 67.4 Å². The van der Waals surface area contributed by atoms with Crippen LogP contribution in [0.4, 0.5) is 5.82 Å². The van der Waals surface area contributed by atoms with E-state index in [2.05, 4.69) is 30.7 Å². The van der Waals surface area contributed by atoms with Crippen LogP contribution in [0.5, 0.6) is 0 Å². The first kappa shape index (κ1) is 17.1. The maximum absolute atomic E-state index is 12.2. The van der Waals surface area contributed by atoms with E-state index < -0.39 is 0 Å². The molecule has 1 N–H and O–H groups in total. The van der Waals surface area contributed by atoms with Crippen LogP contribution < -0.4 is 4.90 Å². The molecule has 128 valence electrons. The normalized spacial score (nSPS) is 15.7. The molecule has 2 aromatic rings. The van der Waals surface area contributed by atoms with Crippen molar-refractivity contribution in [1.29, 1.82) is 0 Å². The van der Waals surface area contributed by atoms with E-state index in [9.17, 15) is 4.79 Å². The first-order valence-corrected chi connectivity index (χ1v) is 8.68. The molecule has 0 aliphatic carbocycles. The van der Waals surface area contributed by atoms with Gasteiger partial charge >= 0.3 is 5.97 Å². The van der Waals surface area contributed by atoms with Gasteiger partial charge in [-0.1, -0.05) is 12.1 Å². The molecule has 1 aromatic carbocycles. The van der Waals surface area contributed by atoms with E-state index >= 15 is 0 Å². The molecule has 0 atom stereocenters. The molecule has 0 unspecified atom stereocenters. The molecule has 1 fully saturated rings. The van der Waals surface area contributed by atoms with Crippen LogP contribution in [-0.2, 0) is 4.74 Å². The lowest BCUT2D eigenvalue weighted by Crippen LogP contribution is -2.47. The van der Waals surface area contributed by atoms with Crippen molar-refractivity contribution in [3.05, 3.63) is 34.4 Å². The zero-order valence-corrected chi connectivity index (χ0v) is 15.1. The number of ether oxygens (including phenoxy) is 1. The molecule has 0 bridgehead atoms. The fourth-order valence-electron chi connectivity index (χ4n) is 3.09. The number of aliphatic hydroxyl groups is 1. The van der Waals surface area contributed by atoms with Crippen molar-refractivity contribution < 1.29 is 14.6 Å². The van der Waals surface area contributed by atoms with Crippen LogP contribution in [0.2, 0.25) is 0 Å². The van der Waals surface area contributed by atoms with Gasteiger partial charge in [-0.3, -0.25) is 4.90 Å².